The number of pyridine rings is 1. The van der Waals surface area contributed by atoms with Crippen LogP contribution < -0.4 is 10.6 Å². The van der Waals surface area contributed by atoms with Crippen molar-refractivity contribution < 1.29 is 9.90 Å². The first-order valence-corrected chi connectivity index (χ1v) is 6.85. The number of nitrogens with zero attached hydrogens (tertiary/aromatic N) is 1. The molecule has 0 atom stereocenters. The molecule has 3 N–H and O–H groups in total. The highest BCUT2D eigenvalue weighted by Crippen LogP contribution is 2.26. The predicted octanol–water partition coefficient (Wildman–Crippen LogP) is 2.29. The molecule has 1 aliphatic rings. The van der Waals surface area contributed by atoms with Gasteiger partial charge in [-0.25, -0.2) is 4.79 Å². The van der Waals surface area contributed by atoms with Gasteiger partial charge >= 0.3 is 6.03 Å². The highest BCUT2D eigenvalue weighted by Gasteiger charge is 2.28. The minimum Gasteiger partial charge on any atom is -0.388 e. The first-order valence-electron chi connectivity index (χ1n) is 6.85. The highest BCUT2D eigenvalue weighted by molar-refractivity contribution is 5.88. The van der Waals surface area contributed by atoms with Crippen LogP contribution >= 0.6 is 0 Å². The molecule has 0 aliphatic heterocycles. The maximum atomic E-state index is 11.7. The molecule has 5 nitrogen and oxygen atoms in total. The van der Waals surface area contributed by atoms with Crippen molar-refractivity contribution in [3.05, 3.63) is 24.5 Å². The number of aliphatic hydroxyl groups is 1. The van der Waals surface area contributed by atoms with Crippen molar-refractivity contribution in [1.82, 2.24) is 10.3 Å². The van der Waals surface area contributed by atoms with E-state index in [1.54, 1.807) is 24.5 Å². The lowest BCUT2D eigenvalue weighted by Gasteiger charge is -2.26. The molecule has 19 heavy (non-hydrogen) atoms. The van der Waals surface area contributed by atoms with Gasteiger partial charge in [0.15, 0.2) is 0 Å². The maximum Gasteiger partial charge on any atom is 0.319 e. The van der Waals surface area contributed by atoms with E-state index in [-0.39, 0.29) is 6.03 Å². The molecule has 0 unspecified atom stereocenters. The van der Waals surface area contributed by atoms with Crippen LogP contribution in [-0.4, -0.2) is 28.3 Å². The molecule has 1 aromatic rings. The molecule has 0 bridgehead atoms. The van der Waals surface area contributed by atoms with Crippen LogP contribution in [0, 0.1) is 0 Å². The summed E-state index contributed by atoms with van der Waals surface area (Å²) in [4.78, 5) is 15.6. The van der Waals surface area contributed by atoms with E-state index in [9.17, 15) is 9.90 Å². The van der Waals surface area contributed by atoms with E-state index in [1.165, 1.54) is 12.8 Å². The van der Waals surface area contributed by atoms with Crippen LogP contribution in [0.25, 0.3) is 0 Å². The lowest BCUT2D eigenvalue weighted by Crippen LogP contribution is -2.44. The van der Waals surface area contributed by atoms with E-state index in [4.69, 9.17) is 0 Å². The van der Waals surface area contributed by atoms with Crippen molar-refractivity contribution >= 4 is 11.7 Å². The number of aromatic nitrogens is 1. The van der Waals surface area contributed by atoms with Gasteiger partial charge < -0.3 is 15.7 Å². The van der Waals surface area contributed by atoms with Crippen molar-refractivity contribution in [2.24, 2.45) is 0 Å². The molecule has 0 radical (unpaired) electrons. The van der Waals surface area contributed by atoms with Gasteiger partial charge in [0.1, 0.15) is 0 Å². The summed E-state index contributed by atoms with van der Waals surface area (Å²) >= 11 is 0. The van der Waals surface area contributed by atoms with E-state index < -0.39 is 5.60 Å². The highest BCUT2D eigenvalue weighted by atomic mass is 16.3. The average molecular weight is 263 g/mol. The summed E-state index contributed by atoms with van der Waals surface area (Å²) in [6, 6.07) is 3.23. The van der Waals surface area contributed by atoms with Crippen LogP contribution in [0.5, 0.6) is 0 Å². The molecule has 1 aliphatic carbocycles. The molecule has 2 amide bonds. The SMILES string of the molecule is O=C(NCC1(O)CCCCCC1)Nc1cccnc1. The normalized spacial score (nSPS) is 18.4. The quantitative estimate of drug-likeness (QED) is 0.732. The molecule has 0 saturated heterocycles. The van der Waals surface area contributed by atoms with Crippen LogP contribution in [0.15, 0.2) is 24.5 Å². The first kappa shape index (κ1) is 13.8. The van der Waals surface area contributed by atoms with E-state index >= 15 is 0 Å². The standard InChI is InChI=1S/C14H21N3O2/c18-13(17-12-6-5-9-15-10-12)16-11-14(19)7-3-1-2-4-8-14/h5-6,9-10,19H,1-4,7-8,11H2,(H2,16,17,18). The third kappa shape index (κ3) is 4.52. The van der Waals surface area contributed by atoms with Crippen molar-refractivity contribution in [2.45, 2.75) is 44.1 Å². The second-order valence-corrected chi connectivity index (χ2v) is 5.19. The van der Waals surface area contributed by atoms with Crippen molar-refractivity contribution in [2.75, 3.05) is 11.9 Å². The molecule has 2 rings (SSSR count). The molecular weight excluding hydrogens is 242 g/mol. The van der Waals surface area contributed by atoms with E-state index in [2.05, 4.69) is 15.6 Å². The molecular formula is C14H21N3O2. The van der Waals surface area contributed by atoms with Gasteiger partial charge in [0.05, 0.1) is 17.5 Å². The average Bonchev–Trinajstić information content (AvgIpc) is 2.63. The summed E-state index contributed by atoms with van der Waals surface area (Å²) in [5, 5.41) is 15.8. The molecule has 104 valence electrons. The minimum absolute atomic E-state index is 0.300. The number of rotatable bonds is 3. The van der Waals surface area contributed by atoms with Gasteiger partial charge in [-0.1, -0.05) is 25.7 Å². The van der Waals surface area contributed by atoms with Gasteiger partial charge in [0.25, 0.3) is 0 Å². The summed E-state index contributed by atoms with van der Waals surface area (Å²) in [5.74, 6) is 0. The van der Waals surface area contributed by atoms with Crippen molar-refractivity contribution in [3.8, 4) is 0 Å². The number of hydrogen-bond donors (Lipinski definition) is 3. The number of anilines is 1. The van der Waals surface area contributed by atoms with Gasteiger partial charge in [-0.3, -0.25) is 4.98 Å². The molecule has 0 aromatic carbocycles. The van der Waals surface area contributed by atoms with Crippen molar-refractivity contribution in [3.63, 3.8) is 0 Å². The number of carbonyl (C=O) groups excluding carboxylic acids is 1. The Morgan fingerprint density at radius 1 is 1.32 bits per heavy atom. The van der Waals surface area contributed by atoms with Crippen LogP contribution in [0.2, 0.25) is 0 Å². The predicted molar refractivity (Wildman–Crippen MR) is 73.9 cm³/mol. The number of hydrogen-bond acceptors (Lipinski definition) is 3. The van der Waals surface area contributed by atoms with E-state index in [0.717, 1.165) is 25.7 Å². The fourth-order valence-corrected chi connectivity index (χ4v) is 2.42. The van der Waals surface area contributed by atoms with Crippen molar-refractivity contribution in [1.29, 1.82) is 0 Å². The Kier molecular flexibility index (Phi) is 4.74. The number of carbonyl (C=O) groups is 1. The number of nitrogens with one attached hydrogen (secondary N) is 2. The summed E-state index contributed by atoms with van der Waals surface area (Å²) in [7, 11) is 0. The van der Waals surface area contributed by atoms with Gasteiger partial charge in [0, 0.05) is 12.7 Å². The molecule has 1 saturated carbocycles. The third-order valence-electron chi connectivity index (χ3n) is 3.53. The number of urea groups is 1. The Balaban J connectivity index is 1.79. The second-order valence-electron chi connectivity index (χ2n) is 5.19. The van der Waals surface area contributed by atoms with Crippen LogP contribution in [0.3, 0.4) is 0 Å². The zero-order valence-electron chi connectivity index (χ0n) is 11.1. The van der Waals surface area contributed by atoms with Crippen LogP contribution in [0.4, 0.5) is 10.5 Å². The monoisotopic (exact) mass is 263 g/mol. The summed E-state index contributed by atoms with van der Waals surface area (Å²) in [5.41, 5.74) is -0.101. The lowest BCUT2D eigenvalue weighted by molar-refractivity contribution is 0.0281. The Morgan fingerprint density at radius 2 is 2.05 bits per heavy atom. The zero-order valence-corrected chi connectivity index (χ0v) is 11.1. The van der Waals surface area contributed by atoms with Gasteiger partial charge in [-0.15, -0.1) is 0 Å². The first-order chi connectivity index (χ1) is 9.18. The fourth-order valence-electron chi connectivity index (χ4n) is 2.42. The Hall–Kier alpha value is -1.62. The van der Waals surface area contributed by atoms with E-state index in [0.29, 0.717) is 12.2 Å². The summed E-state index contributed by atoms with van der Waals surface area (Å²) in [6.45, 7) is 0.305. The molecule has 5 heteroatoms. The van der Waals surface area contributed by atoms with Gasteiger partial charge in [0.2, 0.25) is 0 Å². The Morgan fingerprint density at radius 3 is 2.68 bits per heavy atom. The molecule has 1 fully saturated rings. The van der Waals surface area contributed by atoms with Gasteiger partial charge in [-0.2, -0.15) is 0 Å². The largest absolute Gasteiger partial charge is 0.388 e. The lowest BCUT2D eigenvalue weighted by atomic mass is 9.95. The van der Waals surface area contributed by atoms with E-state index in [1.807, 2.05) is 0 Å². The number of amides is 2. The second kappa shape index (κ2) is 6.52. The third-order valence-corrected chi connectivity index (χ3v) is 3.53. The summed E-state index contributed by atoms with van der Waals surface area (Å²) < 4.78 is 0. The fraction of sp³-hybridized carbons (Fsp3) is 0.571. The zero-order chi connectivity index (χ0) is 13.6. The minimum atomic E-state index is -0.747. The Bertz CT molecular complexity index is 400. The molecule has 1 heterocycles. The van der Waals surface area contributed by atoms with Crippen LogP contribution in [0.1, 0.15) is 38.5 Å². The molecule has 0 spiro atoms. The smallest absolute Gasteiger partial charge is 0.319 e. The topological polar surface area (TPSA) is 74.2 Å². The Labute approximate surface area is 113 Å². The maximum absolute atomic E-state index is 11.7. The van der Waals surface area contributed by atoms with Crippen LogP contribution in [-0.2, 0) is 0 Å². The van der Waals surface area contributed by atoms with Gasteiger partial charge in [-0.05, 0) is 25.0 Å². The molecule has 1 aromatic heterocycles. The summed E-state index contributed by atoms with van der Waals surface area (Å²) in [6.07, 6.45) is 9.16.